The highest BCUT2D eigenvalue weighted by Gasteiger charge is 2.27. The monoisotopic (exact) mass is 283 g/mol. The zero-order chi connectivity index (χ0) is 14.8. The predicted molar refractivity (Wildman–Crippen MR) is 78.0 cm³/mol. The van der Waals surface area contributed by atoms with Crippen molar-refractivity contribution in [2.45, 2.75) is 52.5 Å². The molecule has 0 atom stereocenters. The van der Waals surface area contributed by atoms with Gasteiger partial charge in [0.25, 0.3) is 0 Å². The molecule has 2 rings (SSSR count). The number of hydrogen-bond acceptors (Lipinski definition) is 3. The standard InChI is InChI=1S/C15H23F2N3/c1-4-18-13-11(16)9-12(17)14(20-13)19-10-5-7-15(2,3)8-6-10/h9-10H,4-8H2,1-3H3,(H2,18,19,20). The number of anilines is 2. The second-order valence-electron chi connectivity index (χ2n) is 6.26. The lowest BCUT2D eigenvalue weighted by molar-refractivity contribution is 0.232. The zero-order valence-corrected chi connectivity index (χ0v) is 12.4. The van der Waals surface area contributed by atoms with Crippen LogP contribution in [0.15, 0.2) is 6.07 Å². The van der Waals surface area contributed by atoms with E-state index in [4.69, 9.17) is 0 Å². The van der Waals surface area contributed by atoms with E-state index in [1.165, 1.54) is 0 Å². The van der Waals surface area contributed by atoms with E-state index in [0.29, 0.717) is 12.0 Å². The van der Waals surface area contributed by atoms with Crippen molar-refractivity contribution in [3.05, 3.63) is 17.7 Å². The predicted octanol–water partition coefficient (Wildman–Crippen LogP) is 4.17. The minimum atomic E-state index is -0.653. The van der Waals surface area contributed by atoms with Crippen molar-refractivity contribution < 1.29 is 8.78 Å². The second-order valence-corrected chi connectivity index (χ2v) is 6.26. The minimum absolute atomic E-state index is 0.104. The molecule has 3 nitrogen and oxygen atoms in total. The molecule has 1 aromatic heterocycles. The van der Waals surface area contributed by atoms with Crippen LogP contribution in [0.1, 0.15) is 46.5 Å². The number of rotatable bonds is 4. The highest BCUT2D eigenvalue weighted by molar-refractivity contribution is 5.48. The van der Waals surface area contributed by atoms with Gasteiger partial charge in [0.15, 0.2) is 23.3 Å². The highest BCUT2D eigenvalue weighted by Crippen LogP contribution is 2.36. The average molecular weight is 283 g/mol. The molecule has 5 heteroatoms. The third-order valence-electron chi connectivity index (χ3n) is 3.95. The van der Waals surface area contributed by atoms with Gasteiger partial charge in [0, 0.05) is 18.7 Å². The Morgan fingerprint density at radius 1 is 1.20 bits per heavy atom. The lowest BCUT2D eigenvalue weighted by Crippen LogP contribution is -2.30. The van der Waals surface area contributed by atoms with Crippen LogP contribution in [0.5, 0.6) is 0 Å². The van der Waals surface area contributed by atoms with Crippen LogP contribution in [0.3, 0.4) is 0 Å². The fraction of sp³-hybridized carbons (Fsp3) is 0.667. The fourth-order valence-electron chi connectivity index (χ4n) is 2.60. The molecule has 1 fully saturated rings. The normalized spacial score (nSPS) is 18.9. The molecule has 2 N–H and O–H groups in total. The van der Waals surface area contributed by atoms with Gasteiger partial charge in [-0.1, -0.05) is 13.8 Å². The summed E-state index contributed by atoms with van der Waals surface area (Å²) in [6.07, 6.45) is 4.19. The summed E-state index contributed by atoms with van der Waals surface area (Å²) in [5, 5.41) is 5.92. The Kier molecular flexibility index (Phi) is 4.45. The molecule has 0 spiro atoms. The molecule has 112 valence electrons. The van der Waals surface area contributed by atoms with Crippen LogP contribution in [-0.2, 0) is 0 Å². The molecule has 1 saturated carbocycles. The van der Waals surface area contributed by atoms with Gasteiger partial charge in [-0.15, -0.1) is 0 Å². The van der Waals surface area contributed by atoms with Crippen molar-refractivity contribution >= 4 is 11.6 Å². The van der Waals surface area contributed by atoms with Crippen molar-refractivity contribution in [2.24, 2.45) is 5.41 Å². The Morgan fingerprint density at radius 3 is 2.40 bits per heavy atom. The number of nitrogens with one attached hydrogen (secondary N) is 2. The van der Waals surface area contributed by atoms with E-state index in [-0.39, 0.29) is 17.7 Å². The Hall–Kier alpha value is -1.39. The van der Waals surface area contributed by atoms with Crippen molar-refractivity contribution in [2.75, 3.05) is 17.2 Å². The quantitative estimate of drug-likeness (QED) is 0.870. The van der Waals surface area contributed by atoms with E-state index in [9.17, 15) is 8.78 Å². The summed E-state index contributed by atoms with van der Waals surface area (Å²) in [6.45, 7) is 6.90. The molecule has 1 heterocycles. The molecule has 0 aromatic carbocycles. The summed E-state index contributed by atoms with van der Waals surface area (Å²) in [5.41, 5.74) is 0.363. The first-order valence-corrected chi connectivity index (χ1v) is 7.28. The van der Waals surface area contributed by atoms with Crippen LogP contribution in [0, 0.1) is 17.0 Å². The van der Waals surface area contributed by atoms with Gasteiger partial charge in [-0.25, -0.2) is 13.8 Å². The van der Waals surface area contributed by atoms with Crippen LogP contribution in [0.25, 0.3) is 0 Å². The molecule has 20 heavy (non-hydrogen) atoms. The number of aromatic nitrogens is 1. The third kappa shape index (κ3) is 3.58. The Labute approximate surface area is 119 Å². The molecule has 1 aliphatic carbocycles. The molecule has 0 aliphatic heterocycles. The van der Waals surface area contributed by atoms with Gasteiger partial charge in [-0.05, 0) is 38.0 Å². The van der Waals surface area contributed by atoms with E-state index >= 15 is 0 Å². The number of pyridine rings is 1. The van der Waals surface area contributed by atoms with Crippen molar-refractivity contribution in [3.63, 3.8) is 0 Å². The van der Waals surface area contributed by atoms with E-state index in [0.717, 1.165) is 31.7 Å². The van der Waals surface area contributed by atoms with E-state index in [1.807, 2.05) is 6.92 Å². The van der Waals surface area contributed by atoms with Gasteiger partial charge in [0.1, 0.15) is 0 Å². The highest BCUT2D eigenvalue weighted by atomic mass is 19.1. The van der Waals surface area contributed by atoms with Crippen LogP contribution < -0.4 is 10.6 Å². The lowest BCUT2D eigenvalue weighted by atomic mass is 9.75. The largest absolute Gasteiger partial charge is 0.368 e. The van der Waals surface area contributed by atoms with Crippen LogP contribution in [-0.4, -0.2) is 17.6 Å². The molecule has 0 bridgehead atoms. The second kappa shape index (κ2) is 5.94. The summed E-state index contributed by atoms with van der Waals surface area (Å²) in [5.74, 6) is -1.03. The molecule has 0 amide bonds. The number of nitrogens with zero attached hydrogens (tertiary/aromatic N) is 1. The summed E-state index contributed by atoms with van der Waals surface area (Å²) in [7, 11) is 0. The van der Waals surface area contributed by atoms with E-state index in [2.05, 4.69) is 29.5 Å². The van der Waals surface area contributed by atoms with Crippen molar-refractivity contribution in [3.8, 4) is 0 Å². The van der Waals surface area contributed by atoms with E-state index in [1.54, 1.807) is 0 Å². The van der Waals surface area contributed by atoms with Gasteiger partial charge in [-0.2, -0.15) is 0 Å². The van der Waals surface area contributed by atoms with E-state index < -0.39 is 11.6 Å². The van der Waals surface area contributed by atoms with Gasteiger partial charge < -0.3 is 10.6 Å². The molecule has 0 saturated heterocycles. The van der Waals surface area contributed by atoms with Crippen LogP contribution >= 0.6 is 0 Å². The Bertz CT molecular complexity index is 464. The Morgan fingerprint density at radius 2 is 1.80 bits per heavy atom. The van der Waals surface area contributed by atoms with Crippen molar-refractivity contribution in [1.82, 2.24) is 4.98 Å². The first-order chi connectivity index (χ1) is 9.41. The number of halogens is 2. The maximum Gasteiger partial charge on any atom is 0.168 e. The first-order valence-electron chi connectivity index (χ1n) is 7.28. The molecular formula is C15H23F2N3. The Balaban J connectivity index is 2.07. The summed E-state index contributed by atoms with van der Waals surface area (Å²) in [6, 6.07) is 1.10. The molecule has 0 radical (unpaired) electrons. The smallest absolute Gasteiger partial charge is 0.168 e. The molecular weight excluding hydrogens is 260 g/mol. The summed E-state index contributed by atoms with van der Waals surface area (Å²) in [4.78, 5) is 4.02. The van der Waals surface area contributed by atoms with Crippen molar-refractivity contribution in [1.29, 1.82) is 0 Å². The summed E-state index contributed by atoms with van der Waals surface area (Å²) < 4.78 is 27.3. The molecule has 1 aromatic rings. The first kappa shape index (κ1) is 15.0. The van der Waals surface area contributed by atoms with Gasteiger partial charge in [-0.3, -0.25) is 0 Å². The maximum atomic E-state index is 13.8. The zero-order valence-electron chi connectivity index (χ0n) is 12.4. The topological polar surface area (TPSA) is 37.0 Å². The van der Waals surface area contributed by atoms with Gasteiger partial charge in [0.2, 0.25) is 0 Å². The maximum absolute atomic E-state index is 13.8. The lowest BCUT2D eigenvalue weighted by Gasteiger charge is -2.34. The third-order valence-corrected chi connectivity index (χ3v) is 3.95. The van der Waals surface area contributed by atoms with Crippen LogP contribution in [0.2, 0.25) is 0 Å². The number of hydrogen-bond donors (Lipinski definition) is 2. The van der Waals surface area contributed by atoms with Crippen LogP contribution in [0.4, 0.5) is 20.4 Å². The fourth-order valence-corrected chi connectivity index (χ4v) is 2.60. The summed E-state index contributed by atoms with van der Waals surface area (Å²) >= 11 is 0. The SMILES string of the molecule is CCNc1nc(NC2CCC(C)(C)CC2)c(F)cc1F. The molecule has 0 unspecified atom stereocenters. The molecule has 1 aliphatic rings. The minimum Gasteiger partial charge on any atom is -0.368 e. The average Bonchev–Trinajstić information content (AvgIpc) is 2.37. The van der Waals surface area contributed by atoms with Gasteiger partial charge in [0.05, 0.1) is 0 Å². The van der Waals surface area contributed by atoms with Gasteiger partial charge >= 0.3 is 0 Å².